The molecule has 1 aromatic carbocycles. The first-order valence-electron chi connectivity index (χ1n) is 5.67. The van der Waals surface area contributed by atoms with E-state index in [1.807, 2.05) is 22.6 Å². The Balaban J connectivity index is 2.58. The van der Waals surface area contributed by atoms with Gasteiger partial charge in [0.05, 0.1) is 20.0 Å². The molecule has 2 aromatic rings. The predicted octanol–water partition coefficient (Wildman–Crippen LogP) is 2.96. The lowest BCUT2D eigenvalue weighted by Crippen LogP contribution is -2.15. The summed E-state index contributed by atoms with van der Waals surface area (Å²) in [5.41, 5.74) is 6.44. The molecule has 7 heteroatoms. The van der Waals surface area contributed by atoms with Gasteiger partial charge in [-0.1, -0.05) is 0 Å². The van der Waals surface area contributed by atoms with Crippen LogP contribution in [0.4, 0.5) is 4.39 Å². The second-order valence-corrected chi connectivity index (χ2v) is 6.03. The average Bonchev–Trinajstić information content (AvgIpc) is 2.65. The summed E-state index contributed by atoms with van der Waals surface area (Å²) in [5, 5.41) is -0.332. The molecule has 1 unspecified atom stereocenters. The number of amides is 1. The van der Waals surface area contributed by atoms with Crippen LogP contribution in [-0.2, 0) is 11.3 Å². The van der Waals surface area contributed by atoms with E-state index in [1.165, 1.54) is 6.07 Å². The van der Waals surface area contributed by atoms with Gasteiger partial charge in [-0.15, -0.1) is 11.6 Å². The molecule has 0 aliphatic heterocycles. The monoisotopic (exact) mass is 395 g/mol. The van der Waals surface area contributed by atoms with Gasteiger partial charge in [-0.05, 0) is 35.6 Å². The molecule has 1 atom stereocenters. The van der Waals surface area contributed by atoms with Crippen LogP contribution < -0.4 is 5.73 Å². The Hall–Kier alpha value is -0.890. The van der Waals surface area contributed by atoms with Gasteiger partial charge in [0, 0.05) is 19.0 Å². The highest BCUT2D eigenvalue weighted by molar-refractivity contribution is 14.1. The number of aromatic nitrogens is 2. The fourth-order valence-corrected chi connectivity index (χ4v) is 2.52. The number of primary amides is 1. The first-order valence-corrected chi connectivity index (χ1v) is 7.19. The molecule has 0 spiro atoms. The maximum absolute atomic E-state index is 13.7. The van der Waals surface area contributed by atoms with E-state index < -0.39 is 5.91 Å². The number of benzene rings is 1. The van der Waals surface area contributed by atoms with E-state index in [0.29, 0.717) is 27.0 Å². The molecule has 1 amide bonds. The third-order valence-corrected chi connectivity index (χ3v) is 3.78. The molecular weight excluding hydrogens is 384 g/mol. The van der Waals surface area contributed by atoms with Crippen molar-refractivity contribution in [2.24, 2.45) is 5.73 Å². The van der Waals surface area contributed by atoms with E-state index in [-0.39, 0.29) is 17.6 Å². The van der Waals surface area contributed by atoms with Gasteiger partial charge in [-0.25, -0.2) is 9.37 Å². The summed E-state index contributed by atoms with van der Waals surface area (Å²) in [4.78, 5) is 15.3. The minimum Gasteiger partial charge on any atom is -0.370 e. The summed E-state index contributed by atoms with van der Waals surface area (Å²) in [7, 11) is 0. The van der Waals surface area contributed by atoms with E-state index in [2.05, 4.69) is 4.98 Å². The zero-order valence-corrected chi connectivity index (χ0v) is 13.1. The molecule has 0 radical (unpaired) electrons. The van der Waals surface area contributed by atoms with Crippen LogP contribution in [0.5, 0.6) is 0 Å². The molecule has 0 bridgehead atoms. The Labute approximate surface area is 128 Å². The number of hydrogen-bond donors (Lipinski definition) is 1. The van der Waals surface area contributed by atoms with Crippen LogP contribution in [0.15, 0.2) is 12.1 Å². The quantitative estimate of drug-likeness (QED) is 0.639. The second-order valence-electron chi connectivity index (χ2n) is 4.21. The van der Waals surface area contributed by atoms with E-state index in [9.17, 15) is 9.18 Å². The molecule has 2 rings (SSSR count). The van der Waals surface area contributed by atoms with Crippen LogP contribution in [-0.4, -0.2) is 15.5 Å². The minimum atomic E-state index is -0.416. The normalized spacial score (nSPS) is 12.8. The number of nitrogens with zero attached hydrogens (tertiary/aromatic N) is 2. The standard InChI is InChI=1S/C12H12ClFIN3O/c1-6(13)12-17-9-5-8(15)7(14)4-10(9)18(12)3-2-11(16)19/h4-6H,2-3H2,1H3,(H2,16,19). The van der Waals surface area contributed by atoms with Gasteiger partial charge < -0.3 is 10.3 Å². The number of imidazole rings is 1. The summed E-state index contributed by atoms with van der Waals surface area (Å²) in [6, 6.07) is 3.07. The SMILES string of the molecule is CC(Cl)c1nc2cc(I)c(F)cc2n1CCC(N)=O. The largest absolute Gasteiger partial charge is 0.370 e. The summed E-state index contributed by atoms with van der Waals surface area (Å²) in [5.74, 6) is -0.123. The summed E-state index contributed by atoms with van der Waals surface area (Å²) in [6.07, 6.45) is 0.162. The third kappa shape index (κ3) is 3.00. The van der Waals surface area contributed by atoms with Crippen molar-refractivity contribution in [1.82, 2.24) is 9.55 Å². The smallest absolute Gasteiger partial charge is 0.219 e. The second kappa shape index (κ2) is 5.62. The van der Waals surface area contributed by atoms with Gasteiger partial charge in [0.15, 0.2) is 0 Å². The number of nitrogens with two attached hydrogens (primary N) is 1. The highest BCUT2D eigenvalue weighted by Crippen LogP contribution is 2.27. The molecule has 19 heavy (non-hydrogen) atoms. The van der Waals surface area contributed by atoms with Crippen molar-refractivity contribution in [3.8, 4) is 0 Å². The Morgan fingerprint density at radius 3 is 2.89 bits per heavy atom. The summed E-state index contributed by atoms with van der Waals surface area (Å²) in [6.45, 7) is 2.13. The van der Waals surface area contributed by atoms with Crippen LogP contribution in [0.2, 0.25) is 0 Å². The highest BCUT2D eigenvalue weighted by Gasteiger charge is 2.17. The van der Waals surface area contributed by atoms with Crippen LogP contribution in [0, 0.1) is 9.39 Å². The van der Waals surface area contributed by atoms with Gasteiger partial charge >= 0.3 is 0 Å². The average molecular weight is 396 g/mol. The zero-order valence-electron chi connectivity index (χ0n) is 10.2. The van der Waals surface area contributed by atoms with Crippen molar-refractivity contribution < 1.29 is 9.18 Å². The third-order valence-electron chi connectivity index (χ3n) is 2.76. The number of aryl methyl sites for hydroxylation is 1. The molecule has 0 saturated heterocycles. The summed E-state index contributed by atoms with van der Waals surface area (Å²) < 4.78 is 15.9. The van der Waals surface area contributed by atoms with E-state index in [0.717, 1.165) is 0 Å². The minimum absolute atomic E-state index is 0.162. The first kappa shape index (κ1) is 14.5. The molecule has 1 heterocycles. The topological polar surface area (TPSA) is 60.9 Å². The van der Waals surface area contributed by atoms with E-state index >= 15 is 0 Å². The van der Waals surface area contributed by atoms with Crippen molar-refractivity contribution in [3.05, 3.63) is 27.3 Å². The maximum atomic E-state index is 13.7. The van der Waals surface area contributed by atoms with Crippen molar-refractivity contribution in [1.29, 1.82) is 0 Å². The molecular formula is C12H12ClFIN3O. The van der Waals surface area contributed by atoms with Crippen LogP contribution in [0.3, 0.4) is 0 Å². The van der Waals surface area contributed by atoms with E-state index in [1.54, 1.807) is 17.6 Å². The highest BCUT2D eigenvalue weighted by atomic mass is 127. The first-order chi connectivity index (χ1) is 8.90. The molecule has 1 aromatic heterocycles. The van der Waals surface area contributed by atoms with Gasteiger partial charge in [0.2, 0.25) is 5.91 Å². The Morgan fingerprint density at radius 2 is 2.32 bits per heavy atom. The molecule has 4 nitrogen and oxygen atoms in total. The fourth-order valence-electron chi connectivity index (χ4n) is 1.90. The van der Waals surface area contributed by atoms with Gasteiger partial charge in [-0.3, -0.25) is 4.79 Å². The fraction of sp³-hybridized carbons (Fsp3) is 0.333. The van der Waals surface area contributed by atoms with Crippen LogP contribution in [0.1, 0.15) is 24.5 Å². The molecule has 0 saturated carbocycles. The van der Waals surface area contributed by atoms with Gasteiger partial charge in [0.1, 0.15) is 11.6 Å². The summed E-state index contributed by atoms with van der Waals surface area (Å²) >= 11 is 7.99. The number of carbonyl (C=O) groups is 1. The van der Waals surface area contributed by atoms with E-state index in [4.69, 9.17) is 17.3 Å². The van der Waals surface area contributed by atoms with Crippen molar-refractivity contribution >= 4 is 51.1 Å². The molecule has 102 valence electrons. The van der Waals surface area contributed by atoms with Crippen molar-refractivity contribution in [2.75, 3.05) is 0 Å². The Morgan fingerprint density at radius 1 is 1.63 bits per heavy atom. The van der Waals surface area contributed by atoms with Crippen molar-refractivity contribution in [3.63, 3.8) is 0 Å². The lowest BCUT2D eigenvalue weighted by Gasteiger charge is -2.09. The number of halogens is 3. The van der Waals surface area contributed by atoms with Gasteiger partial charge in [0.25, 0.3) is 0 Å². The Bertz CT molecular complexity index is 641. The van der Waals surface area contributed by atoms with Crippen LogP contribution >= 0.6 is 34.2 Å². The number of carbonyl (C=O) groups excluding carboxylic acids is 1. The molecule has 0 aliphatic carbocycles. The zero-order chi connectivity index (χ0) is 14.2. The maximum Gasteiger partial charge on any atom is 0.219 e. The molecule has 0 fully saturated rings. The number of fused-ring (bicyclic) bond motifs is 1. The van der Waals surface area contributed by atoms with Crippen molar-refractivity contribution in [2.45, 2.75) is 25.3 Å². The molecule has 2 N–H and O–H groups in total. The molecule has 0 aliphatic rings. The lowest BCUT2D eigenvalue weighted by molar-refractivity contribution is -0.118. The Kier molecular flexibility index (Phi) is 4.29. The number of alkyl halides is 1. The number of rotatable bonds is 4. The lowest BCUT2D eigenvalue weighted by atomic mass is 10.3. The van der Waals surface area contributed by atoms with Crippen LogP contribution in [0.25, 0.3) is 11.0 Å². The predicted molar refractivity (Wildman–Crippen MR) is 80.5 cm³/mol. The van der Waals surface area contributed by atoms with Gasteiger partial charge in [-0.2, -0.15) is 0 Å². The number of hydrogen-bond acceptors (Lipinski definition) is 2.